The smallest absolute Gasteiger partial charge is 0.253 e. The Labute approximate surface area is 174 Å². The molecule has 1 saturated heterocycles. The van der Waals surface area contributed by atoms with E-state index in [1.807, 2.05) is 42.5 Å². The van der Waals surface area contributed by atoms with Gasteiger partial charge < -0.3 is 9.47 Å². The molecule has 6 nitrogen and oxygen atoms in total. The molecule has 2 aromatic heterocycles. The summed E-state index contributed by atoms with van der Waals surface area (Å²) < 4.78 is 14.6. The molecule has 0 bridgehead atoms. The minimum atomic E-state index is -0.879. The predicted molar refractivity (Wildman–Crippen MR) is 111 cm³/mol. The van der Waals surface area contributed by atoms with E-state index in [0.717, 1.165) is 34.9 Å². The van der Waals surface area contributed by atoms with Crippen molar-refractivity contribution < 1.29 is 9.47 Å². The molecule has 1 saturated carbocycles. The van der Waals surface area contributed by atoms with Crippen LogP contribution >= 0.6 is 11.8 Å². The summed E-state index contributed by atoms with van der Waals surface area (Å²) in [7, 11) is 0. The third-order valence-corrected chi connectivity index (χ3v) is 6.76. The molecule has 150 valence electrons. The van der Waals surface area contributed by atoms with E-state index < -0.39 is 5.12 Å². The first-order chi connectivity index (χ1) is 14.4. The van der Waals surface area contributed by atoms with Gasteiger partial charge in [-0.15, -0.1) is 10.2 Å². The Kier molecular flexibility index (Phi) is 5.35. The van der Waals surface area contributed by atoms with Crippen molar-refractivity contribution in [2.24, 2.45) is 0 Å². The summed E-state index contributed by atoms with van der Waals surface area (Å²) in [6, 6.07) is 14.5. The second-order valence-corrected chi connectivity index (χ2v) is 8.53. The monoisotopic (exact) mass is 408 g/mol. The van der Waals surface area contributed by atoms with Crippen molar-refractivity contribution in [2.45, 2.75) is 48.4 Å². The van der Waals surface area contributed by atoms with Gasteiger partial charge in [-0.3, -0.25) is 9.55 Å². The van der Waals surface area contributed by atoms with Gasteiger partial charge in [-0.2, -0.15) is 0 Å². The van der Waals surface area contributed by atoms with E-state index in [1.54, 1.807) is 12.4 Å². The highest BCUT2D eigenvalue weighted by atomic mass is 32.2. The lowest BCUT2D eigenvalue weighted by Crippen LogP contribution is -2.24. The zero-order valence-corrected chi connectivity index (χ0v) is 17.1. The van der Waals surface area contributed by atoms with Gasteiger partial charge in [0.05, 0.1) is 13.2 Å². The number of benzene rings is 1. The molecular formula is C22H24N4O2S. The number of nitrogens with zero attached hydrogens (tertiary/aromatic N) is 4. The first kappa shape index (κ1) is 18.8. The van der Waals surface area contributed by atoms with Crippen LogP contribution in [0.15, 0.2) is 60.0 Å². The van der Waals surface area contributed by atoms with Crippen LogP contribution in [0.1, 0.15) is 43.7 Å². The highest BCUT2D eigenvalue weighted by Crippen LogP contribution is 2.47. The fraction of sp³-hybridized carbons (Fsp3) is 0.409. The normalized spacial score (nSPS) is 19.4. The fourth-order valence-corrected chi connectivity index (χ4v) is 5.35. The third kappa shape index (κ3) is 3.70. The van der Waals surface area contributed by atoms with Crippen LogP contribution in [0.5, 0.6) is 0 Å². The fourth-order valence-electron chi connectivity index (χ4n) is 4.15. The molecule has 2 fully saturated rings. The minimum Gasteiger partial charge on any atom is -0.335 e. The summed E-state index contributed by atoms with van der Waals surface area (Å²) in [5.41, 5.74) is 2.03. The SMILES string of the molecule is c1ccc(C2(Sc3nnc(-c4ccncc4)n3C3CCCCC3)OCCO2)cc1. The quantitative estimate of drug-likeness (QED) is 0.605. The largest absolute Gasteiger partial charge is 0.335 e. The van der Waals surface area contributed by atoms with Crippen LogP contribution in [-0.4, -0.2) is 33.0 Å². The van der Waals surface area contributed by atoms with E-state index in [0.29, 0.717) is 19.3 Å². The minimum absolute atomic E-state index is 0.388. The number of hydrogen-bond acceptors (Lipinski definition) is 6. The maximum atomic E-state index is 6.14. The summed E-state index contributed by atoms with van der Waals surface area (Å²) >= 11 is 1.52. The average molecular weight is 409 g/mol. The number of ether oxygens (including phenoxy) is 2. The molecule has 5 rings (SSSR count). The standard InChI is InChI=1S/C22H24N4O2S/c1-3-7-18(8-4-1)22(27-15-16-28-22)29-21-25-24-20(17-11-13-23-14-12-17)26(21)19-9-5-2-6-10-19/h1,3-4,7-8,11-14,19H,2,5-6,9-10,15-16H2. The van der Waals surface area contributed by atoms with Crippen LogP contribution in [0.2, 0.25) is 0 Å². The number of thioether (sulfide) groups is 1. The van der Waals surface area contributed by atoms with E-state index >= 15 is 0 Å². The molecule has 3 heterocycles. The van der Waals surface area contributed by atoms with Gasteiger partial charge in [0.25, 0.3) is 5.12 Å². The molecule has 0 atom stereocenters. The van der Waals surface area contributed by atoms with Crippen LogP contribution in [-0.2, 0) is 14.6 Å². The molecule has 0 amide bonds. The zero-order valence-electron chi connectivity index (χ0n) is 16.2. The first-order valence-electron chi connectivity index (χ1n) is 10.2. The lowest BCUT2D eigenvalue weighted by molar-refractivity contribution is -0.0819. The average Bonchev–Trinajstić information content (AvgIpc) is 3.44. The molecule has 7 heteroatoms. The molecule has 0 N–H and O–H groups in total. The zero-order chi connectivity index (χ0) is 19.5. The Morgan fingerprint density at radius 1 is 0.897 bits per heavy atom. The van der Waals surface area contributed by atoms with Crippen LogP contribution in [0.3, 0.4) is 0 Å². The molecule has 29 heavy (non-hydrogen) atoms. The molecule has 1 aliphatic carbocycles. The summed E-state index contributed by atoms with van der Waals surface area (Å²) in [6.45, 7) is 1.13. The summed E-state index contributed by atoms with van der Waals surface area (Å²) in [6.07, 6.45) is 9.66. The van der Waals surface area contributed by atoms with Crippen LogP contribution in [0.25, 0.3) is 11.4 Å². The van der Waals surface area contributed by atoms with E-state index in [-0.39, 0.29) is 0 Å². The molecular weight excluding hydrogens is 384 g/mol. The van der Waals surface area contributed by atoms with Crippen LogP contribution < -0.4 is 0 Å². The Bertz CT molecular complexity index is 936. The van der Waals surface area contributed by atoms with Crippen molar-refractivity contribution in [1.82, 2.24) is 19.7 Å². The molecule has 3 aromatic rings. The molecule has 1 aromatic carbocycles. The van der Waals surface area contributed by atoms with E-state index in [9.17, 15) is 0 Å². The maximum absolute atomic E-state index is 6.14. The van der Waals surface area contributed by atoms with Gasteiger partial charge >= 0.3 is 0 Å². The van der Waals surface area contributed by atoms with E-state index in [1.165, 1.54) is 31.0 Å². The Morgan fingerprint density at radius 2 is 1.62 bits per heavy atom. The third-order valence-electron chi connectivity index (χ3n) is 5.56. The lowest BCUT2D eigenvalue weighted by atomic mass is 9.95. The Balaban J connectivity index is 1.56. The predicted octanol–water partition coefficient (Wildman–Crippen LogP) is 4.79. The van der Waals surface area contributed by atoms with Gasteiger partial charge in [-0.1, -0.05) is 49.6 Å². The summed E-state index contributed by atoms with van der Waals surface area (Å²) in [4.78, 5) is 4.15. The van der Waals surface area contributed by atoms with E-state index in [4.69, 9.17) is 9.47 Å². The second-order valence-electron chi connectivity index (χ2n) is 7.43. The summed E-state index contributed by atoms with van der Waals surface area (Å²) in [5.74, 6) is 0.892. The topological polar surface area (TPSA) is 62.1 Å². The van der Waals surface area contributed by atoms with Crippen molar-refractivity contribution in [3.8, 4) is 11.4 Å². The Hall–Kier alpha value is -2.22. The number of aromatic nitrogens is 4. The number of rotatable bonds is 5. The molecule has 1 aliphatic heterocycles. The highest BCUT2D eigenvalue weighted by Gasteiger charge is 2.42. The lowest BCUT2D eigenvalue weighted by Gasteiger charge is -2.29. The molecule has 0 radical (unpaired) electrons. The van der Waals surface area contributed by atoms with Crippen molar-refractivity contribution in [2.75, 3.05) is 13.2 Å². The highest BCUT2D eigenvalue weighted by molar-refractivity contribution is 7.99. The van der Waals surface area contributed by atoms with Crippen molar-refractivity contribution >= 4 is 11.8 Å². The number of pyridine rings is 1. The number of hydrogen-bond donors (Lipinski definition) is 0. The van der Waals surface area contributed by atoms with Gasteiger partial charge in [0, 0.05) is 29.6 Å². The molecule has 0 spiro atoms. The van der Waals surface area contributed by atoms with Gasteiger partial charge in [0.2, 0.25) is 0 Å². The van der Waals surface area contributed by atoms with Crippen molar-refractivity contribution in [3.63, 3.8) is 0 Å². The van der Waals surface area contributed by atoms with Crippen LogP contribution in [0.4, 0.5) is 0 Å². The van der Waals surface area contributed by atoms with Gasteiger partial charge in [0.1, 0.15) is 0 Å². The van der Waals surface area contributed by atoms with Crippen molar-refractivity contribution in [1.29, 1.82) is 0 Å². The second kappa shape index (κ2) is 8.26. The van der Waals surface area contributed by atoms with Gasteiger partial charge in [-0.25, -0.2) is 0 Å². The van der Waals surface area contributed by atoms with Crippen LogP contribution in [0, 0.1) is 0 Å². The van der Waals surface area contributed by atoms with E-state index in [2.05, 4.69) is 19.7 Å². The van der Waals surface area contributed by atoms with Crippen molar-refractivity contribution in [3.05, 3.63) is 60.4 Å². The van der Waals surface area contributed by atoms with Gasteiger partial charge in [0.15, 0.2) is 11.0 Å². The maximum Gasteiger partial charge on any atom is 0.253 e. The molecule has 2 aliphatic rings. The first-order valence-corrected chi connectivity index (χ1v) is 11.1. The summed E-state index contributed by atoms with van der Waals surface area (Å²) in [5, 5.41) is 9.14. The Morgan fingerprint density at radius 3 is 2.34 bits per heavy atom. The van der Waals surface area contributed by atoms with Gasteiger partial charge in [-0.05, 0) is 36.7 Å². The molecule has 0 unspecified atom stereocenters.